The second kappa shape index (κ2) is 7.07. The van der Waals surface area contributed by atoms with E-state index in [0.29, 0.717) is 24.9 Å². The van der Waals surface area contributed by atoms with Gasteiger partial charge in [0.2, 0.25) is 0 Å². The molecule has 1 saturated carbocycles. The lowest BCUT2D eigenvalue weighted by Crippen LogP contribution is -2.31. The van der Waals surface area contributed by atoms with Gasteiger partial charge in [-0.15, -0.1) is 0 Å². The van der Waals surface area contributed by atoms with Gasteiger partial charge in [0.1, 0.15) is 11.9 Å². The molecule has 1 spiro atoms. The Morgan fingerprint density at radius 2 is 2.14 bits per heavy atom. The van der Waals surface area contributed by atoms with E-state index < -0.39 is 0 Å². The van der Waals surface area contributed by atoms with Crippen LogP contribution in [0.1, 0.15) is 38.5 Å². The number of hydrogen-bond acceptors (Lipinski definition) is 4. The van der Waals surface area contributed by atoms with Crippen molar-refractivity contribution in [1.29, 1.82) is 0 Å². The van der Waals surface area contributed by atoms with Crippen molar-refractivity contribution in [3.8, 4) is 0 Å². The van der Waals surface area contributed by atoms with Crippen LogP contribution in [0, 0.1) is 0 Å². The van der Waals surface area contributed by atoms with Gasteiger partial charge in [-0.3, -0.25) is 4.99 Å². The molecular weight excluding hydrogens is 280 g/mol. The molecule has 2 heterocycles. The van der Waals surface area contributed by atoms with Crippen molar-refractivity contribution < 1.29 is 9.47 Å². The molecule has 1 unspecified atom stereocenters. The summed E-state index contributed by atoms with van der Waals surface area (Å²) in [5.74, 6) is 0.677. The molecular formula is C16H24N4O2. The van der Waals surface area contributed by atoms with E-state index in [1.165, 1.54) is 25.7 Å². The van der Waals surface area contributed by atoms with E-state index in [0.717, 1.165) is 12.8 Å². The number of guanidine groups is 1. The molecule has 120 valence electrons. The third kappa shape index (κ3) is 3.96. The van der Waals surface area contributed by atoms with Gasteiger partial charge >= 0.3 is 0 Å². The van der Waals surface area contributed by atoms with Crippen LogP contribution in [0.3, 0.4) is 0 Å². The molecule has 1 aromatic rings. The number of pyridine rings is 1. The first-order valence-electron chi connectivity index (χ1n) is 8.06. The van der Waals surface area contributed by atoms with E-state index in [1.54, 1.807) is 6.20 Å². The number of rotatable bonds is 3. The molecule has 0 bridgehead atoms. The number of nitrogens with zero attached hydrogens (tertiary/aromatic N) is 2. The Hall–Kier alpha value is -1.66. The quantitative estimate of drug-likeness (QED) is 0.661. The largest absolute Gasteiger partial charge is 0.370 e. The zero-order valence-electron chi connectivity index (χ0n) is 12.8. The second-order valence-electron chi connectivity index (χ2n) is 5.94. The summed E-state index contributed by atoms with van der Waals surface area (Å²) in [7, 11) is 0. The molecule has 6 nitrogen and oxygen atoms in total. The van der Waals surface area contributed by atoms with Gasteiger partial charge in [0, 0.05) is 19.0 Å². The molecule has 0 radical (unpaired) electrons. The van der Waals surface area contributed by atoms with Crippen LogP contribution in [0.25, 0.3) is 0 Å². The van der Waals surface area contributed by atoms with Crippen LogP contribution in [0.4, 0.5) is 5.82 Å². The summed E-state index contributed by atoms with van der Waals surface area (Å²) in [5, 5.41) is 2.97. The topological polar surface area (TPSA) is 81.8 Å². The summed E-state index contributed by atoms with van der Waals surface area (Å²) in [5.41, 5.74) is 5.88. The van der Waals surface area contributed by atoms with Crippen LogP contribution < -0.4 is 11.1 Å². The zero-order valence-corrected chi connectivity index (χ0v) is 12.8. The fourth-order valence-electron chi connectivity index (χ4n) is 3.04. The maximum Gasteiger partial charge on any atom is 0.194 e. The lowest BCUT2D eigenvalue weighted by atomic mass is 10.1. The van der Waals surface area contributed by atoms with Gasteiger partial charge in [-0.25, -0.2) is 4.98 Å². The van der Waals surface area contributed by atoms with Gasteiger partial charge in [0.25, 0.3) is 0 Å². The Bertz CT molecular complexity index is 498. The second-order valence-corrected chi connectivity index (χ2v) is 5.94. The number of hydrogen-bond donors (Lipinski definition) is 2. The summed E-state index contributed by atoms with van der Waals surface area (Å²) in [4.78, 5) is 8.49. The number of nitrogens with one attached hydrogen (secondary N) is 1. The third-order valence-corrected chi connectivity index (χ3v) is 4.17. The summed E-state index contributed by atoms with van der Waals surface area (Å²) in [6, 6.07) is 5.60. The molecule has 0 amide bonds. The molecule has 1 aliphatic heterocycles. The average molecular weight is 304 g/mol. The molecule has 0 aromatic carbocycles. The van der Waals surface area contributed by atoms with Crippen molar-refractivity contribution in [2.75, 3.05) is 18.5 Å². The molecule has 2 aliphatic rings. The maximum absolute atomic E-state index is 6.14. The highest BCUT2D eigenvalue weighted by atomic mass is 16.7. The number of aromatic nitrogens is 1. The lowest BCUT2D eigenvalue weighted by Gasteiger charge is -2.26. The first-order valence-corrected chi connectivity index (χ1v) is 8.06. The van der Waals surface area contributed by atoms with Gasteiger partial charge < -0.3 is 20.5 Å². The van der Waals surface area contributed by atoms with Gasteiger partial charge in [0.05, 0.1) is 13.2 Å². The molecule has 2 fully saturated rings. The van der Waals surface area contributed by atoms with Crippen molar-refractivity contribution in [3.05, 3.63) is 24.4 Å². The Labute approximate surface area is 131 Å². The summed E-state index contributed by atoms with van der Waals surface area (Å²) < 4.78 is 12.1. The average Bonchev–Trinajstić information content (AvgIpc) is 2.78. The highest BCUT2D eigenvalue weighted by molar-refractivity contribution is 5.91. The van der Waals surface area contributed by atoms with Gasteiger partial charge in [-0.2, -0.15) is 0 Å². The maximum atomic E-state index is 6.14. The monoisotopic (exact) mass is 304 g/mol. The van der Waals surface area contributed by atoms with Crippen LogP contribution in [0.5, 0.6) is 0 Å². The van der Waals surface area contributed by atoms with Gasteiger partial charge in [0.15, 0.2) is 11.7 Å². The van der Waals surface area contributed by atoms with Crippen LogP contribution >= 0.6 is 0 Å². The van der Waals surface area contributed by atoms with E-state index in [9.17, 15) is 0 Å². The van der Waals surface area contributed by atoms with E-state index >= 15 is 0 Å². The first-order chi connectivity index (χ1) is 10.8. The summed E-state index contributed by atoms with van der Waals surface area (Å²) in [6.45, 7) is 1.10. The minimum atomic E-state index is -0.361. The van der Waals surface area contributed by atoms with Crippen molar-refractivity contribution in [3.63, 3.8) is 0 Å². The molecule has 3 rings (SSSR count). The summed E-state index contributed by atoms with van der Waals surface area (Å²) >= 11 is 0. The highest BCUT2D eigenvalue weighted by Gasteiger charge is 2.41. The Kier molecular flexibility index (Phi) is 4.90. The molecule has 6 heteroatoms. The van der Waals surface area contributed by atoms with Crippen molar-refractivity contribution in [1.82, 2.24) is 4.98 Å². The predicted molar refractivity (Wildman–Crippen MR) is 85.6 cm³/mol. The lowest BCUT2D eigenvalue weighted by molar-refractivity contribution is -0.174. The summed E-state index contributed by atoms with van der Waals surface area (Å²) in [6.07, 6.45) is 8.60. The van der Waals surface area contributed by atoms with E-state index in [2.05, 4.69) is 15.3 Å². The molecule has 22 heavy (non-hydrogen) atoms. The van der Waals surface area contributed by atoms with Gasteiger partial charge in [-0.1, -0.05) is 18.9 Å². The van der Waals surface area contributed by atoms with Crippen molar-refractivity contribution in [2.24, 2.45) is 10.7 Å². The van der Waals surface area contributed by atoms with Crippen molar-refractivity contribution in [2.45, 2.75) is 50.4 Å². The van der Waals surface area contributed by atoms with Gasteiger partial charge in [-0.05, 0) is 25.0 Å². The number of nitrogens with two attached hydrogens (primary N) is 1. The van der Waals surface area contributed by atoms with E-state index in [4.69, 9.17) is 15.2 Å². The van der Waals surface area contributed by atoms with Crippen LogP contribution in [0.15, 0.2) is 29.4 Å². The van der Waals surface area contributed by atoms with E-state index in [-0.39, 0.29) is 11.9 Å². The molecule has 1 aliphatic carbocycles. The third-order valence-electron chi connectivity index (χ3n) is 4.17. The standard InChI is InChI=1S/C16H24N4O2/c17-15(20-14-7-3-6-10-18-14)19-11-13-12-21-16(22-13)8-4-1-2-5-9-16/h3,6-7,10,13H,1-2,4-5,8-9,11-12H2,(H3,17,18,19,20). The zero-order chi connectivity index (χ0) is 15.3. The normalized spacial score (nSPS) is 25.1. The van der Waals surface area contributed by atoms with E-state index in [1.807, 2.05) is 18.2 Å². The fraction of sp³-hybridized carbons (Fsp3) is 0.625. The fourth-order valence-corrected chi connectivity index (χ4v) is 3.04. The van der Waals surface area contributed by atoms with Crippen molar-refractivity contribution >= 4 is 11.8 Å². The minimum Gasteiger partial charge on any atom is -0.370 e. The molecule has 3 N–H and O–H groups in total. The number of aliphatic imine (C=N–C) groups is 1. The smallest absolute Gasteiger partial charge is 0.194 e. The van der Waals surface area contributed by atoms with Crippen LogP contribution in [0.2, 0.25) is 0 Å². The molecule has 1 saturated heterocycles. The number of anilines is 1. The predicted octanol–water partition coefficient (Wildman–Crippen LogP) is 2.27. The Balaban J connectivity index is 1.50. The SMILES string of the molecule is NC(=NCC1COC2(CCCCCC2)O1)Nc1ccccn1. The van der Waals surface area contributed by atoms with Crippen LogP contribution in [-0.2, 0) is 9.47 Å². The Morgan fingerprint density at radius 1 is 1.32 bits per heavy atom. The first kappa shape index (κ1) is 15.2. The molecule has 1 aromatic heterocycles. The van der Waals surface area contributed by atoms with Crippen LogP contribution in [-0.4, -0.2) is 36.0 Å². The highest BCUT2D eigenvalue weighted by Crippen LogP contribution is 2.36. The molecule has 1 atom stereocenters. The minimum absolute atomic E-state index is 0.0119. The Morgan fingerprint density at radius 3 is 2.86 bits per heavy atom. The number of ether oxygens (including phenoxy) is 2.